The van der Waals surface area contributed by atoms with E-state index in [1.54, 1.807) is 36.4 Å². The first-order chi connectivity index (χ1) is 17.5. The molecule has 0 radical (unpaired) electrons. The van der Waals surface area contributed by atoms with Crippen LogP contribution in [0.2, 0.25) is 0 Å². The molecule has 0 spiro atoms. The number of benzene rings is 3. The SMILES string of the molecule is COc1cc(NC(=O)c2ccccc2)c(OC)cc1NC(=O)CCc1nc(-c2ccc(C)cc2)no1. The number of anilines is 2. The van der Waals surface area contributed by atoms with E-state index in [0.29, 0.717) is 40.2 Å². The van der Waals surface area contributed by atoms with Crippen LogP contribution in [-0.4, -0.2) is 36.2 Å². The van der Waals surface area contributed by atoms with Crippen LogP contribution in [0, 0.1) is 6.92 Å². The summed E-state index contributed by atoms with van der Waals surface area (Å²) < 4.78 is 16.2. The van der Waals surface area contributed by atoms with Crippen molar-refractivity contribution in [1.29, 1.82) is 0 Å². The lowest BCUT2D eigenvalue weighted by Crippen LogP contribution is -2.15. The Bertz CT molecular complexity index is 1350. The van der Waals surface area contributed by atoms with Crippen LogP contribution >= 0.6 is 0 Å². The number of carbonyl (C=O) groups excluding carboxylic acids is 2. The van der Waals surface area contributed by atoms with Crippen LogP contribution in [-0.2, 0) is 11.2 Å². The normalized spacial score (nSPS) is 10.5. The Morgan fingerprint density at radius 3 is 2.17 bits per heavy atom. The zero-order valence-electron chi connectivity index (χ0n) is 20.2. The molecule has 2 N–H and O–H groups in total. The van der Waals surface area contributed by atoms with Crippen molar-refractivity contribution in [1.82, 2.24) is 10.1 Å². The number of aromatic nitrogens is 2. The van der Waals surface area contributed by atoms with E-state index >= 15 is 0 Å². The molecule has 36 heavy (non-hydrogen) atoms. The van der Waals surface area contributed by atoms with Crippen molar-refractivity contribution in [3.8, 4) is 22.9 Å². The maximum absolute atomic E-state index is 12.6. The molecule has 1 heterocycles. The zero-order valence-corrected chi connectivity index (χ0v) is 20.2. The van der Waals surface area contributed by atoms with E-state index in [4.69, 9.17) is 14.0 Å². The Balaban J connectivity index is 1.41. The summed E-state index contributed by atoms with van der Waals surface area (Å²) in [4.78, 5) is 29.6. The van der Waals surface area contributed by atoms with Crippen molar-refractivity contribution in [2.75, 3.05) is 24.9 Å². The van der Waals surface area contributed by atoms with Crippen LogP contribution in [0.3, 0.4) is 0 Å². The zero-order chi connectivity index (χ0) is 25.5. The number of methoxy groups -OCH3 is 2. The molecule has 0 atom stereocenters. The average molecular weight is 487 g/mol. The van der Waals surface area contributed by atoms with Gasteiger partial charge in [0, 0.05) is 36.1 Å². The minimum absolute atomic E-state index is 0.119. The average Bonchev–Trinajstić information content (AvgIpc) is 3.38. The second-order valence-corrected chi connectivity index (χ2v) is 8.00. The van der Waals surface area contributed by atoms with Crippen LogP contribution in [0.1, 0.15) is 28.2 Å². The van der Waals surface area contributed by atoms with Crippen molar-refractivity contribution in [3.63, 3.8) is 0 Å². The fraction of sp³-hybridized carbons (Fsp3) is 0.185. The molecule has 0 bridgehead atoms. The maximum atomic E-state index is 12.6. The van der Waals surface area contributed by atoms with Crippen LogP contribution in [0.15, 0.2) is 71.3 Å². The van der Waals surface area contributed by atoms with Gasteiger partial charge in [-0.05, 0) is 19.1 Å². The van der Waals surface area contributed by atoms with Crippen LogP contribution in [0.25, 0.3) is 11.4 Å². The Hall–Kier alpha value is -4.66. The van der Waals surface area contributed by atoms with E-state index in [-0.39, 0.29) is 24.7 Å². The van der Waals surface area contributed by atoms with Crippen molar-refractivity contribution < 1.29 is 23.6 Å². The molecule has 0 unspecified atom stereocenters. The molecule has 184 valence electrons. The molecule has 0 aliphatic heterocycles. The molecule has 9 heteroatoms. The molecule has 0 saturated heterocycles. The van der Waals surface area contributed by atoms with Gasteiger partial charge in [-0.15, -0.1) is 0 Å². The van der Waals surface area contributed by atoms with Gasteiger partial charge in [-0.2, -0.15) is 4.98 Å². The minimum Gasteiger partial charge on any atom is -0.494 e. The highest BCUT2D eigenvalue weighted by Gasteiger charge is 2.17. The lowest BCUT2D eigenvalue weighted by Gasteiger charge is -2.16. The monoisotopic (exact) mass is 486 g/mol. The third-order valence-corrected chi connectivity index (χ3v) is 5.42. The number of nitrogens with one attached hydrogen (secondary N) is 2. The maximum Gasteiger partial charge on any atom is 0.255 e. The first kappa shape index (κ1) is 24.5. The molecule has 0 aliphatic carbocycles. The largest absolute Gasteiger partial charge is 0.494 e. The second-order valence-electron chi connectivity index (χ2n) is 8.00. The number of amides is 2. The quantitative estimate of drug-likeness (QED) is 0.346. The van der Waals surface area contributed by atoms with Crippen molar-refractivity contribution in [2.24, 2.45) is 0 Å². The van der Waals surface area contributed by atoms with E-state index < -0.39 is 0 Å². The summed E-state index contributed by atoms with van der Waals surface area (Å²) in [5.74, 6) is 1.01. The van der Waals surface area contributed by atoms with Gasteiger partial charge < -0.3 is 24.6 Å². The highest BCUT2D eigenvalue weighted by molar-refractivity contribution is 6.05. The van der Waals surface area contributed by atoms with Crippen LogP contribution < -0.4 is 20.1 Å². The lowest BCUT2D eigenvalue weighted by atomic mass is 10.1. The fourth-order valence-electron chi connectivity index (χ4n) is 3.49. The van der Waals surface area contributed by atoms with Crippen LogP contribution in [0.5, 0.6) is 11.5 Å². The summed E-state index contributed by atoms with van der Waals surface area (Å²) in [6.07, 6.45) is 0.392. The molecule has 9 nitrogen and oxygen atoms in total. The number of rotatable bonds is 9. The van der Waals surface area contributed by atoms with Gasteiger partial charge in [0.25, 0.3) is 5.91 Å². The van der Waals surface area contributed by atoms with Gasteiger partial charge in [0.2, 0.25) is 17.6 Å². The first-order valence-corrected chi connectivity index (χ1v) is 11.3. The molecule has 0 aliphatic rings. The summed E-state index contributed by atoms with van der Waals surface area (Å²) in [6, 6.07) is 19.8. The predicted molar refractivity (Wildman–Crippen MR) is 135 cm³/mol. The van der Waals surface area contributed by atoms with E-state index in [0.717, 1.165) is 11.1 Å². The molecule has 0 saturated carbocycles. The van der Waals surface area contributed by atoms with Crippen LogP contribution in [0.4, 0.5) is 11.4 Å². The fourth-order valence-corrected chi connectivity index (χ4v) is 3.49. The van der Waals surface area contributed by atoms with Gasteiger partial charge in [0.15, 0.2) is 0 Å². The highest BCUT2D eigenvalue weighted by atomic mass is 16.5. The van der Waals surface area contributed by atoms with Gasteiger partial charge in [-0.25, -0.2) is 0 Å². The Morgan fingerprint density at radius 1 is 0.889 bits per heavy atom. The predicted octanol–water partition coefficient (Wildman–Crippen LogP) is 4.89. The first-order valence-electron chi connectivity index (χ1n) is 11.3. The van der Waals surface area contributed by atoms with Gasteiger partial charge in [0.05, 0.1) is 25.6 Å². The molecule has 2 amide bonds. The summed E-state index contributed by atoms with van der Waals surface area (Å²) >= 11 is 0. The van der Waals surface area contributed by atoms with Crippen molar-refractivity contribution in [2.45, 2.75) is 19.8 Å². The molecule has 1 aromatic heterocycles. The Morgan fingerprint density at radius 2 is 1.53 bits per heavy atom. The highest BCUT2D eigenvalue weighted by Crippen LogP contribution is 2.36. The molecule has 4 aromatic rings. The van der Waals surface area contributed by atoms with Gasteiger partial charge in [0.1, 0.15) is 11.5 Å². The van der Waals surface area contributed by atoms with Gasteiger partial charge in [-0.1, -0.05) is 53.2 Å². The number of ether oxygens (including phenoxy) is 2. The van der Waals surface area contributed by atoms with Crippen molar-refractivity contribution >= 4 is 23.2 Å². The number of carbonyl (C=O) groups is 2. The Labute approximate surface area is 208 Å². The minimum atomic E-state index is -0.294. The van der Waals surface area contributed by atoms with E-state index in [1.165, 1.54) is 14.2 Å². The van der Waals surface area contributed by atoms with Gasteiger partial charge >= 0.3 is 0 Å². The second kappa shape index (κ2) is 11.2. The molecule has 3 aromatic carbocycles. The molecule has 4 rings (SSSR count). The number of nitrogens with zero attached hydrogens (tertiary/aromatic N) is 2. The summed E-state index contributed by atoms with van der Waals surface area (Å²) in [5.41, 5.74) is 3.30. The summed E-state index contributed by atoms with van der Waals surface area (Å²) in [6.45, 7) is 2.00. The number of aryl methyl sites for hydroxylation is 2. The third-order valence-electron chi connectivity index (χ3n) is 5.42. The lowest BCUT2D eigenvalue weighted by molar-refractivity contribution is -0.116. The molecular formula is C27H26N4O5. The van der Waals surface area contributed by atoms with Gasteiger partial charge in [-0.3, -0.25) is 9.59 Å². The smallest absolute Gasteiger partial charge is 0.255 e. The third kappa shape index (κ3) is 5.87. The van der Waals surface area contributed by atoms with E-state index in [1.807, 2.05) is 37.3 Å². The molecule has 0 fully saturated rings. The number of hydrogen-bond donors (Lipinski definition) is 2. The topological polar surface area (TPSA) is 116 Å². The standard InChI is InChI=1S/C27H26N4O5/c1-17-9-11-18(12-10-17)26-30-25(36-31-26)14-13-24(32)28-20-15-23(35-3)21(16-22(20)34-2)29-27(33)19-7-5-4-6-8-19/h4-12,15-16H,13-14H2,1-3H3,(H,28,32)(H,29,33). The van der Waals surface area contributed by atoms with Crippen molar-refractivity contribution in [3.05, 3.63) is 83.7 Å². The summed E-state index contributed by atoms with van der Waals surface area (Å²) in [5, 5.41) is 9.63. The van der Waals surface area contributed by atoms with E-state index in [2.05, 4.69) is 20.8 Å². The van der Waals surface area contributed by atoms with E-state index in [9.17, 15) is 9.59 Å². The summed E-state index contributed by atoms with van der Waals surface area (Å²) in [7, 11) is 2.96. The number of hydrogen-bond acceptors (Lipinski definition) is 7. The Kier molecular flexibility index (Phi) is 7.60. The molecular weight excluding hydrogens is 460 g/mol.